The Hall–Kier alpha value is -2.24. The summed E-state index contributed by atoms with van der Waals surface area (Å²) in [6.45, 7) is 2.63. The molecule has 2 saturated heterocycles. The van der Waals surface area contributed by atoms with E-state index in [9.17, 15) is 23.3 Å². The molecule has 10 nitrogen and oxygen atoms in total. The van der Waals surface area contributed by atoms with Crippen LogP contribution < -0.4 is 10.2 Å². The number of piperidine rings is 1. The molecule has 0 unspecified atom stereocenters. The SMILES string of the molecule is O=C(NCCS(=O)(=O)N1CCOCC1)C1CCN(c2ccccc2[N+](=O)[O-])CC1. The van der Waals surface area contributed by atoms with Gasteiger partial charge in [0.1, 0.15) is 5.69 Å². The number of benzene rings is 1. The van der Waals surface area contributed by atoms with Crippen molar-refractivity contribution in [2.45, 2.75) is 12.8 Å². The summed E-state index contributed by atoms with van der Waals surface area (Å²) in [4.78, 5) is 25.1. The minimum Gasteiger partial charge on any atom is -0.379 e. The van der Waals surface area contributed by atoms with E-state index in [1.165, 1.54) is 10.4 Å². The average Bonchev–Trinajstić information content (AvgIpc) is 2.74. The number of hydrogen-bond donors (Lipinski definition) is 1. The first-order chi connectivity index (χ1) is 13.9. The molecule has 0 bridgehead atoms. The molecular weight excluding hydrogens is 400 g/mol. The van der Waals surface area contributed by atoms with Gasteiger partial charge in [0.25, 0.3) is 5.69 Å². The lowest BCUT2D eigenvalue weighted by atomic mass is 9.95. The summed E-state index contributed by atoms with van der Waals surface area (Å²) in [5, 5.41) is 13.9. The van der Waals surface area contributed by atoms with Crippen molar-refractivity contribution in [1.29, 1.82) is 0 Å². The summed E-state index contributed by atoms with van der Waals surface area (Å²) in [5.41, 5.74) is 0.622. The maximum Gasteiger partial charge on any atom is 0.292 e. The number of nitrogens with zero attached hydrogens (tertiary/aromatic N) is 3. The maximum atomic E-state index is 12.4. The van der Waals surface area contributed by atoms with E-state index in [4.69, 9.17) is 4.74 Å². The summed E-state index contributed by atoms with van der Waals surface area (Å²) in [6.07, 6.45) is 1.13. The van der Waals surface area contributed by atoms with Crippen molar-refractivity contribution < 1.29 is 22.9 Å². The Morgan fingerprint density at radius 2 is 1.83 bits per heavy atom. The molecule has 2 fully saturated rings. The number of anilines is 1. The molecule has 11 heteroatoms. The maximum absolute atomic E-state index is 12.4. The van der Waals surface area contributed by atoms with Gasteiger partial charge in [-0.3, -0.25) is 14.9 Å². The fourth-order valence-corrected chi connectivity index (χ4v) is 4.99. The van der Waals surface area contributed by atoms with Gasteiger partial charge in [-0.2, -0.15) is 4.31 Å². The number of carbonyl (C=O) groups is 1. The van der Waals surface area contributed by atoms with Crippen molar-refractivity contribution in [2.75, 3.05) is 56.6 Å². The highest BCUT2D eigenvalue weighted by molar-refractivity contribution is 7.89. The lowest BCUT2D eigenvalue weighted by Gasteiger charge is -2.32. The van der Waals surface area contributed by atoms with Gasteiger partial charge in [-0.1, -0.05) is 12.1 Å². The van der Waals surface area contributed by atoms with Crippen molar-refractivity contribution in [1.82, 2.24) is 9.62 Å². The highest BCUT2D eigenvalue weighted by Gasteiger charge is 2.29. The first kappa shape index (κ1) is 21.5. The molecule has 2 heterocycles. The van der Waals surface area contributed by atoms with Crippen molar-refractivity contribution in [3.05, 3.63) is 34.4 Å². The Balaban J connectivity index is 1.46. The Labute approximate surface area is 170 Å². The molecule has 2 aliphatic heterocycles. The molecular formula is C18H26N4O6S. The van der Waals surface area contributed by atoms with Crippen LogP contribution in [0.25, 0.3) is 0 Å². The second kappa shape index (κ2) is 9.51. The summed E-state index contributed by atoms with van der Waals surface area (Å²) >= 11 is 0. The number of nitrogens with one attached hydrogen (secondary N) is 1. The number of rotatable bonds is 7. The van der Waals surface area contributed by atoms with E-state index in [-0.39, 0.29) is 29.8 Å². The molecule has 2 aliphatic rings. The molecule has 1 aromatic carbocycles. The molecule has 160 valence electrons. The van der Waals surface area contributed by atoms with Gasteiger partial charge in [-0.25, -0.2) is 8.42 Å². The predicted octanol–water partition coefficient (Wildman–Crippen LogP) is 0.589. The van der Waals surface area contributed by atoms with Crippen LogP contribution in [0.5, 0.6) is 0 Å². The van der Waals surface area contributed by atoms with Crippen molar-refractivity contribution in [3.63, 3.8) is 0 Å². The van der Waals surface area contributed by atoms with Crippen LogP contribution in [0.3, 0.4) is 0 Å². The van der Waals surface area contributed by atoms with Gasteiger partial charge in [0.05, 0.1) is 23.9 Å². The zero-order valence-corrected chi connectivity index (χ0v) is 17.0. The second-order valence-corrected chi connectivity index (χ2v) is 9.21. The lowest BCUT2D eigenvalue weighted by Crippen LogP contribution is -2.45. The van der Waals surface area contributed by atoms with Crippen molar-refractivity contribution in [2.24, 2.45) is 5.92 Å². The lowest BCUT2D eigenvalue weighted by molar-refractivity contribution is -0.384. The van der Waals surface area contributed by atoms with Gasteiger partial charge in [-0.05, 0) is 18.9 Å². The third-order valence-electron chi connectivity index (χ3n) is 5.31. The molecule has 1 N–H and O–H groups in total. The Morgan fingerprint density at radius 1 is 1.17 bits per heavy atom. The van der Waals surface area contributed by atoms with E-state index in [1.807, 2.05) is 4.90 Å². The third-order valence-corrected chi connectivity index (χ3v) is 7.18. The van der Waals surface area contributed by atoms with Crippen molar-refractivity contribution in [3.8, 4) is 0 Å². The highest BCUT2D eigenvalue weighted by Crippen LogP contribution is 2.31. The van der Waals surface area contributed by atoms with E-state index in [1.54, 1.807) is 18.2 Å². The van der Waals surface area contributed by atoms with Gasteiger partial charge >= 0.3 is 0 Å². The third kappa shape index (κ3) is 5.43. The molecule has 0 aliphatic carbocycles. The quantitative estimate of drug-likeness (QED) is 0.500. The summed E-state index contributed by atoms with van der Waals surface area (Å²) in [6, 6.07) is 6.58. The second-order valence-electron chi connectivity index (χ2n) is 7.13. The molecule has 0 radical (unpaired) electrons. The van der Waals surface area contributed by atoms with Gasteiger partial charge in [0, 0.05) is 44.7 Å². The van der Waals surface area contributed by atoms with Crippen LogP contribution in [-0.4, -0.2) is 75.2 Å². The Morgan fingerprint density at radius 3 is 2.48 bits per heavy atom. The molecule has 0 spiro atoms. The fraction of sp³-hybridized carbons (Fsp3) is 0.611. The topological polar surface area (TPSA) is 122 Å². The largest absolute Gasteiger partial charge is 0.379 e. The van der Waals surface area contributed by atoms with Gasteiger partial charge in [0.15, 0.2) is 0 Å². The average molecular weight is 426 g/mol. The molecule has 0 atom stereocenters. The van der Waals surface area contributed by atoms with Crippen LogP contribution in [0, 0.1) is 16.0 Å². The van der Waals surface area contributed by atoms with E-state index < -0.39 is 14.9 Å². The zero-order chi connectivity index (χ0) is 20.9. The minimum atomic E-state index is -3.40. The van der Waals surface area contributed by atoms with E-state index in [0.717, 1.165) is 0 Å². The van der Waals surface area contributed by atoms with E-state index in [2.05, 4.69) is 5.32 Å². The number of amides is 1. The van der Waals surface area contributed by atoms with Crippen LogP contribution in [-0.2, 0) is 19.6 Å². The van der Waals surface area contributed by atoms with Crippen LogP contribution in [0.15, 0.2) is 24.3 Å². The Bertz CT molecular complexity index is 833. The zero-order valence-electron chi connectivity index (χ0n) is 16.2. The van der Waals surface area contributed by atoms with E-state index in [0.29, 0.717) is 57.9 Å². The molecule has 1 amide bonds. The summed E-state index contributed by atoms with van der Waals surface area (Å²) < 4.78 is 31.1. The smallest absolute Gasteiger partial charge is 0.292 e. The van der Waals surface area contributed by atoms with Crippen LogP contribution >= 0.6 is 0 Å². The van der Waals surface area contributed by atoms with Crippen molar-refractivity contribution >= 4 is 27.3 Å². The molecule has 0 saturated carbocycles. The summed E-state index contributed by atoms with van der Waals surface area (Å²) in [5.74, 6) is -0.516. The number of morpholine rings is 1. The predicted molar refractivity (Wildman–Crippen MR) is 107 cm³/mol. The first-order valence-electron chi connectivity index (χ1n) is 9.70. The van der Waals surface area contributed by atoms with Gasteiger partial charge in [0.2, 0.25) is 15.9 Å². The minimum absolute atomic E-state index is 0.0590. The Kier molecular flexibility index (Phi) is 7.04. The van der Waals surface area contributed by atoms with Crippen LogP contribution in [0.1, 0.15) is 12.8 Å². The number of sulfonamides is 1. The number of hydrogen-bond acceptors (Lipinski definition) is 7. The monoisotopic (exact) mass is 426 g/mol. The molecule has 0 aromatic heterocycles. The fourth-order valence-electron chi connectivity index (χ4n) is 3.67. The number of para-hydroxylation sites is 2. The van der Waals surface area contributed by atoms with Crippen LogP contribution in [0.2, 0.25) is 0 Å². The number of nitro groups is 1. The normalized spacial score (nSPS) is 19.1. The first-order valence-corrected chi connectivity index (χ1v) is 11.3. The summed E-state index contributed by atoms with van der Waals surface area (Å²) in [7, 11) is -3.40. The molecule has 1 aromatic rings. The van der Waals surface area contributed by atoms with Gasteiger partial charge < -0.3 is 15.0 Å². The highest BCUT2D eigenvalue weighted by atomic mass is 32.2. The van der Waals surface area contributed by atoms with E-state index >= 15 is 0 Å². The number of ether oxygens (including phenoxy) is 1. The number of nitro benzene ring substituents is 1. The molecule has 3 rings (SSSR count). The van der Waals surface area contributed by atoms with Crippen LogP contribution in [0.4, 0.5) is 11.4 Å². The number of carbonyl (C=O) groups excluding carboxylic acids is 1. The molecule has 29 heavy (non-hydrogen) atoms. The van der Waals surface area contributed by atoms with Gasteiger partial charge in [-0.15, -0.1) is 0 Å². The standard InChI is InChI=1S/C18H26N4O6S/c23-18(19-7-14-29(26,27)21-10-12-28-13-11-21)15-5-8-20(9-6-15)16-3-1-2-4-17(16)22(24)25/h1-4,15H,5-14H2,(H,19,23).